The largest absolute Gasteiger partial charge is 0.313 e. The fraction of sp³-hybridized carbons (Fsp3) is 1.00. The summed E-state index contributed by atoms with van der Waals surface area (Å²) in [4.78, 5) is 0. The van der Waals surface area contributed by atoms with Crippen LogP contribution in [0.1, 0.15) is 52.4 Å². The molecule has 88 valence electrons. The number of rotatable bonds is 3. The standard InChI is InChI=1S/C13H25NS/c1-13(2)7-6-11(9-13)14-10-12-5-3-4-8-15-12/h11-12,14H,3-10H2,1-2H3. The lowest BCUT2D eigenvalue weighted by molar-refractivity contribution is 0.364. The molecule has 2 fully saturated rings. The molecule has 1 heterocycles. The van der Waals surface area contributed by atoms with E-state index in [1.165, 1.54) is 50.8 Å². The van der Waals surface area contributed by atoms with E-state index in [0.29, 0.717) is 5.41 Å². The van der Waals surface area contributed by atoms with Crippen LogP contribution in [0, 0.1) is 5.41 Å². The second-order valence-corrected chi connectivity index (χ2v) is 7.41. The van der Waals surface area contributed by atoms with Gasteiger partial charge in [-0.1, -0.05) is 20.3 Å². The maximum atomic E-state index is 3.79. The van der Waals surface area contributed by atoms with Crippen LogP contribution in [0.25, 0.3) is 0 Å². The Kier molecular flexibility index (Phi) is 4.00. The van der Waals surface area contributed by atoms with Gasteiger partial charge in [0.2, 0.25) is 0 Å². The van der Waals surface area contributed by atoms with Crippen molar-refractivity contribution in [2.45, 2.75) is 63.7 Å². The SMILES string of the molecule is CC1(C)CCC(NCC2CCCCS2)C1. The summed E-state index contributed by atoms with van der Waals surface area (Å²) in [6.07, 6.45) is 8.51. The molecule has 0 aromatic carbocycles. The first-order chi connectivity index (χ1) is 7.16. The maximum Gasteiger partial charge on any atom is 0.0172 e. The molecule has 15 heavy (non-hydrogen) atoms. The van der Waals surface area contributed by atoms with Crippen LogP contribution in [0.3, 0.4) is 0 Å². The van der Waals surface area contributed by atoms with Crippen molar-refractivity contribution in [3.63, 3.8) is 0 Å². The van der Waals surface area contributed by atoms with Gasteiger partial charge < -0.3 is 5.32 Å². The summed E-state index contributed by atoms with van der Waals surface area (Å²) < 4.78 is 0. The predicted octanol–water partition coefficient (Wildman–Crippen LogP) is 3.44. The maximum absolute atomic E-state index is 3.79. The van der Waals surface area contributed by atoms with E-state index in [-0.39, 0.29) is 0 Å². The quantitative estimate of drug-likeness (QED) is 0.792. The minimum Gasteiger partial charge on any atom is -0.313 e. The van der Waals surface area contributed by atoms with Gasteiger partial charge in [0.25, 0.3) is 0 Å². The lowest BCUT2D eigenvalue weighted by Crippen LogP contribution is -2.34. The number of hydrogen-bond donors (Lipinski definition) is 1. The fourth-order valence-electron chi connectivity index (χ4n) is 2.88. The molecular formula is C13H25NS. The normalized spacial score (nSPS) is 35.6. The first kappa shape index (κ1) is 11.8. The van der Waals surface area contributed by atoms with E-state index in [1.807, 2.05) is 0 Å². The molecule has 1 aliphatic carbocycles. The molecule has 0 aromatic heterocycles. The van der Waals surface area contributed by atoms with Crippen LogP contribution in [-0.2, 0) is 0 Å². The second kappa shape index (κ2) is 5.09. The lowest BCUT2D eigenvalue weighted by Gasteiger charge is -2.24. The van der Waals surface area contributed by atoms with Gasteiger partial charge in [-0.05, 0) is 43.3 Å². The van der Waals surface area contributed by atoms with Crippen molar-refractivity contribution in [1.82, 2.24) is 5.32 Å². The molecule has 2 aliphatic rings. The third kappa shape index (κ3) is 3.67. The van der Waals surface area contributed by atoms with E-state index < -0.39 is 0 Å². The Hall–Kier alpha value is 0.310. The van der Waals surface area contributed by atoms with Crippen LogP contribution in [0.4, 0.5) is 0 Å². The Balaban J connectivity index is 1.65. The van der Waals surface area contributed by atoms with Crippen LogP contribution in [-0.4, -0.2) is 23.6 Å². The van der Waals surface area contributed by atoms with Crippen molar-refractivity contribution in [1.29, 1.82) is 0 Å². The summed E-state index contributed by atoms with van der Waals surface area (Å²) in [5, 5.41) is 4.69. The molecule has 2 heteroatoms. The summed E-state index contributed by atoms with van der Waals surface area (Å²) in [5.74, 6) is 1.39. The van der Waals surface area contributed by atoms with Crippen molar-refractivity contribution in [2.24, 2.45) is 5.41 Å². The van der Waals surface area contributed by atoms with Crippen LogP contribution in [0.5, 0.6) is 0 Å². The molecule has 0 amide bonds. The van der Waals surface area contributed by atoms with Gasteiger partial charge in [0, 0.05) is 17.8 Å². The molecule has 1 nitrogen and oxygen atoms in total. The number of thioether (sulfide) groups is 1. The van der Waals surface area contributed by atoms with Gasteiger partial charge >= 0.3 is 0 Å². The van der Waals surface area contributed by atoms with Crippen molar-refractivity contribution in [3.05, 3.63) is 0 Å². The zero-order valence-electron chi connectivity index (χ0n) is 10.2. The van der Waals surface area contributed by atoms with Gasteiger partial charge in [-0.25, -0.2) is 0 Å². The van der Waals surface area contributed by atoms with E-state index in [0.717, 1.165) is 11.3 Å². The summed E-state index contributed by atoms with van der Waals surface area (Å²) in [6.45, 7) is 6.07. The van der Waals surface area contributed by atoms with Crippen molar-refractivity contribution < 1.29 is 0 Å². The first-order valence-electron chi connectivity index (χ1n) is 6.51. The van der Waals surface area contributed by atoms with Gasteiger partial charge in [-0.15, -0.1) is 0 Å². The Morgan fingerprint density at radius 2 is 2.13 bits per heavy atom. The highest BCUT2D eigenvalue weighted by Gasteiger charge is 2.30. The average Bonchev–Trinajstić information content (AvgIpc) is 2.57. The predicted molar refractivity (Wildman–Crippen MR) is 69.5 cm³/mol. The van der Waals surface area contributed by atoms with Gasteiger partial charge in [-0.2, -0.15) is 11.8 Å². The first-order valence-corrected chi connectivity index (χ1v) is 7.56. The minimum absolute atomic E-state index is 0.595. The van der Waals surface area contributed by atoms with Crippen molar-refractivity contribution in [3.8, 4) is 0 Å². The van der Waals surface area contributed by atoms with Crippen molar-refractivity contribution >= 4 is 11.8 Å². The lowest BCUT2D eigenvalue weighted by atomic mass is 9.92. The monoisotopic (exact) mass is 227 g/mol. The van der Waals surface area contributed by atoms with Crippen LogP contribution in [0.15, 0.2) is 0 Å². The van der Waals surface area contributed by atoms with Crippen LogP contribution < -0.4 is 5.32 Å². The van der Waals surface area contributed by atoms with E-state index in [1.54, 1.807) is 0 Å². The summed E-state index contributed by atoms with van der Waals surface area (Å²) in [6, 6.07) is 0.808. The molecule has 0 radical (unpaired) electrons. The molecule has 1 saturated carbocycles. The highest BCUT2D eigenvalue weighted by atomic mass is 32.2. The molecule has 1 saturated heterocycles. The van der Waals surface area contributed by atoms with Crippen molar-refractivity contribution in [2.75, 3.05) is 12.3 Å². The molecule has 1 N–H and O–H groups in total. The van der Waals surface area contributed by atoms with E-state index in [9.17, 15) is 0 Å². The molecule has 2 rings (SSSR count). The summed E-state index contributed by atoms with van der Waals surface area (Å²) in [5.41, 5.74) is 0.595. The fourth-order valence-corrected chi connectivity index (χ4v) is 4.13. The average molecular weight is 227 g/mol. The Labute approximate surface area is 98.8 Å². The number of hydrogen-bond acceptors (Lipinski definition) is 2. The van der Waals surface area contributed by atoms with Gasteiger partial charge in [0.1, 0.15) is 0 Å². The van der Waals surface area contributed by atoms with Gasteiger partial charge in [-0.3, -0.25) is 0 Å². The zero-order valence-corrected chi connectivity index (χ0v) is 11.0. The van der Waals surface area contributed by atoms with Crippen LogP contribution >= 0.6 is 11.8 Å². The van der Waals surface area contributed by atoms with Crippen LogP contribution in [0.2, 0.25) is 0 Å². The minimum atomic E-state index is 0.595. The highest BCUT2D eigenvalue weighted by Crippen LogP contribution is 2.37. The van der Waals surface area contributed by atoms with E-state index in [4.69, 9.17) is 0 Å². The highest BCUT2D eigenvalue weighted by molar-refractivity contribution is 7.99. The molecule has 0 spiro atoms. The summed E-state index contributed by atoms with van der Waals surface area (Å²) in [7, 11) is 0. The third-order valence-corrected chi connectivity index (χ3v) is 5.27. The Bertz CT molecular complexity index is 197. The zero-order chi connectivity index (χ0) is 10.7. The molecule has 2 unspecified atom stereocenters. The molecule has 2 atom stereocenters. The Morgan fingerprint density at radius 3 is 2.73 bits per heavy atom. The van der Waals surface area contributed by atoms with Gasteiger partial charge in [0.05, 0.1) is 0 Å². The Morgan fingerprint density at radius 1 is 1.27 bits per heavy atom. The third-order valence-electron chi connectivity index (χ3n) is 3.88. The molecular weight excluding hydrogens is 202 g/mol. The topological polar surface area (TPSA) is 12.0 Å². The van der Waals surface area contributed by atoms with E-state index >= 15 is 0 Å². The van der Waals surface area contributed by atoms with Gasteiger partial charge in [0.15, 0.2) is 0 Å². The molecule has 0 aromatic rings. The van der Waals surface area contributed by atoms with E-state index in [2.05, 4.69) is 30.9 Å². The second-order valence-electron chi connectivity index (χ2n) is 6.00. The molecule has 1 aliphatic heterocycles. The number of nitrogens with one attached hydrogen (secondary N) is 1. The summed E-state index contributed by atoms with van der Waals surface area (Å²) >= 11 is 2.18. The molecule has 0 bridgehead atoms. The smallest absolute Gasteiger partial charge is 0.0172 e.